The van der Waals surface area contributed by atoms with Crippen LogP contribution in [0.25, 0.3) is 12.2 Å². The molecule has 0 nitrogen and oxygen atoms in total. The predicted molar refractivity (Wildman–Crippen MR) is 170 cm³/mol. The summed E-state index contributed by atoms with van der Waals surface area (Å²) in [5.74, 6) is 3.30. The van der Waals surface area contributed by atoms with Gasteiger partial charge < -0.3 is 0 Å². The summed E-state index contributed by atoms with van der Waals surface area (Å²) in [5.41, 5.74) is 5.12. The zero-order valence-electron chi connectivity index (χ0n) is 23.0. The van der Waals surface area contributed by atoms with Crippen LogP contribution in [0.2, 0.25) is 0 Å². The fourth-order valence-electron chi connectivity index (χ4n) is 4.89. The van der Waals surface area contributed by atoms with E-state index in [1.807, 2.05) is 12.1 Å². The molecule has 200 valence electrons. The van der Waals surface area contributed by atoms with E-state index in [1.165, 1.54) is 34.1 Å². The third-order valence-electron chi connectivity index (χ3n) is 6.97. The van der Waals surface area contributed by atoms with E-state index in [2.05, 4.69) is 185 Å². The van der Waals surface area contributed by atoms with E-state index < -0.39 is 0 Å². The number of hydrogen-bond donors (Lipinski definition) is 0. The van der Waals surface area contributed by atoms with Crippen LogP contribution in [0.5, 0.6) is 0 Å². The normalized spacial score (nSPS) is 17.2. The van der Waals surface area contributed by atoms with Crippen LogP contribution in [0.15, 0.2) is 133 Å². The van der Waals surface area contributed by atoms with E-state index in [1.54, 1.807) is 0 Å². The van der Waals surface area contributed by atoms with Crippen LogP contribution in [0.4, 0.5) is 0 Å². The second-order valence-electron chi connectivity index (χ2n) is 9.75. The van der Waals surface area contributed by atoms with Crippen molar-refractivity contribution >= 4 is 12.2 Å². The monoisotopic (exact) mass is 570 g/mol. The molecular formula is C40H34Fe+2. The van der Waals surface area contributed by atoms with E-state index in [9.17, 15) is 0 Å². The van der Waals surface area contributed by atoms with Gasteiger partial charge in [0.15, 0.2) is 0 Å². The van der Waals surface area contributed by atoms with Gasteiger partial charge in [0.1, 0.15) is 0 Å². The fraction of sp³-hybridized carbons (Fsp3) is 0.0500. The van der Waals surface area contributed by atoms with Crippen LogP contribution >= 0.6 is 0 Å². The van der Waals surface area contributed by atoms with E-state index in [-0.39, 0.29) is 17.1 Å². The van der Waals surface area contributed by atoms with E-state index in [0.29, 0.717) is 11.8 Å². The molecule has 0 spiro atoms. The Morgan fingerprint density at radius 2 is 0.659 bits per heavy atom. The van der Waals surface area contributed by atoms with Gasteiger partial charge >= 0.3 is 17.1 Å². The molecule has 4 aromatic rings. The second-order valence-corrected chi connectivity index (χ2v) is 9.75. The first kappa shape index (κ1) is 30.8. The first-order chi connectivity index (χ1) is 19.9. The number of hydrogen-bond acceptors (Lipinski definition) is 0. The van der Waals surface area contributed by atoms with Gasteiger partial charge in [-0.1, -0.05) is 146 Å². The molecule has 2 fully saturated rings. The fourth-order valence-corrected chi connectivity index (χ4v) is 4.89. The Bertz CT molecular complexity index is 1180. The molecule has 2 aliphatic rings. The second kappa shape index (κ2) is 17.0. The van der Waals surface area contributed by atoms with Crippen LogP contribution in [-0.4, -0.2) is 0 Å². The molecule has 41 heavy (non-hydrogen) atoms. The average molecular weight is 571 g/mol. The van der Waals surface area contributed by atoms with Crippen LogP contribution < -0.4 is 0 Å². The molecule has 0 bridgehead atoms. The van der Waals surface area contributed by atoms with Gasteiger partial charge in [0.25, 0.3) is 0 Å². The minimum Gasteiger partial charge on any atom is -0.0758 e. The van der Waals surface area contributed by atoms with Gasteiger partial charge in [0, 0.05) is 11.8 Å². The Balaban J connectivity index is 0.000000184. The molecule has 0 amide bonds. The molecule has 0 saturated heterocycles. The van der Waals surface area contributed by atoms with Crippen molar-refractivity contribution in [3.05, 3.63) is 219 Å². The van der Waals surface area contributed by atoms with E-state index >= 15 is 0 Å². The van der Waals surface area contributed by atoms with Crippen molar-refractivity contribution in [1.29, 1.82) is 0 Å². The molecule has 2 saturated carbocycles. The Kier molecular flexibility index (Phi) is 12.8. The number of benzene rings is 4. The Hall–Kier alpha value is -3.12. The quantitative estimate of drug-likeness (QED) is 0.185. The maximum absolute atomic E-state index is 2.28. The van der Waals surface area contributed by atoms with E-state index in [4.69, 9.17) is 0 Å². The number of allylic oxidation sites excluding steroid dienone is 2. The van der Waals surface area contributed by atoms with Crippen molar-refractivity contribution in [2.45, 2.75) is 11.8 Å². The van der Waals surface area contributed by atoms with Gasteiger partial charge in [-0.2, -0.15) is 0 Å². The number of rotatable bonds is 8. The Morgan fingerprint density at radius 3 is 0.976 bits per heavy atom. The molecular weight excluding hydrogens is 536 g/mol. The summed E-state index contributed by atoms with van der Waals surface area (Å²) in [6, 6.07) is 42.1. The van der Waals surface area contributed by atoms with Gasteiger partial charge in [-0.05, 0) is 85.5 Å². The zero-order chi connectivity index (χ0) is 27.2. The largest absolute Gasteiger partial charge is 2.00 e. The molecule has 0 aliphatic heterocycles. The maximum atomic E-state index is 2.28. The molecule has 0 aromatic heterocycles. The van der Waals surface area contributed by atoms with Gasteiger partial charge in [-0.3, -0.25) is 0 Å². The average Bonchev–Trinajstić information content (AvgIpc) is 3.76. The molecule has 4 aromatic carbocycles. The summed E-state index contributed by atoms with van der Waals surface area (Å²) in [7, 11) is 0. The van der Waals surface area contributed by atoms with Crippen molar-refractivity contribution in [3.8, 4) is 0 Å². The molecule has 2 aliphatic carbocycles. The smallest absolute Gasteiger partial charge is 0.0758 e. The summed E-state index contributed by atoms with van der Waals surface area (Å²) >= 11 is 0. The van der Waals surface area contributed by atoms with E-state index in [0.717, 1.165) is 0 Å². The summed E-state index contributed by atoms with van der Waals surface area (Å²) in [6.45, 7) is 0. The third-order valence-corrected chi connectivity index (χ3v) is 6.97. The predicted octanol–water partition coefficient (Wildman–Crippen LogP) is 9.78. The SMILES string of the molecule is [CH]1[CH][CH][C]([C@H](/C=C/c2ccccc2)c2ccccc2)[CH]1.[CH]1[CH][CH][C]([C@H](/C=C/c2ccccc2)c2ccccc2)[CH]1.[Fe+2]. The zero-order valence-corrected chi connectivity index (χ0v) is 24.1. The topological polar surface area (TPSA) is 0 Å². The summed E-state index contributed by atoms with van der Waals surface area (Å²) in [4.78, 5) is 0. The van der Waals surface area contributed by atoms with Crippen molar-refractivity contribution in [2.75, 3.05) is 0 Å². The Labute approximate surface area is 259 Å². The molecule has 2 atom stereocenters. The van der Waals surface area contributed by atoms with Gasteiger partial charge in [-0.15, -0.1) is 0 Å². The Morgan fingerprint density at radius 1 is 0.366 bits per heavy atom. The van der Waals surface area contributed by atoms with Gasteiger partial charge in [0.2, 0.25) is 0 Å². The first-order valence-electron chi connectivity index (χ1n) is 13.9. The molecule has 6 rings (SSSR count). The third kappa shape index (κ3) is 9.46. The molecule has 1 heteroatoms. The van der Waals surface area contributed by atoms with Crippen LogP contribution in [0, 0.1) is 63.2 Å². The molecule has 0 N–H and O–H groups in total. The van der Waals surface area contributed by atoms with Crippen LogP contribution in [0.1, 0.15) is 34.1 Å². The van der Waals surface area contributed by atoms with Crippen LogP contribution in [-0.2, 0) is 17.1 Å². The first-order valence-corrected chi connectivity index (χ1v) is 13.9. The minimum absolute atomic E-state index is 0. The summed E-state index contributed by atoms with van der Waals surface area (Å²) < 4.78 is 0. The molecule has 10 radical (unpaired) electrons. The van der Waals surface area contributed by atoms with Crippen molar-refractivity contribution in [2.24, 2.45) is 0 Å². The van der Waals surface area contributed by atoms with Crippen molar-refractivity contribution in [1.82, 2.24) is 0 Å². The van der Waals surface area contributed by atoms with Gasteiger partial charge in [-0.25, -0.2) is 0 Å². The minimum atomic E-state index is 0. The van der Waals surface area contributed by atoms with Crippen molar-refractivity contribution < 1.29 is 17.1 Å². The van der Waals surface area contributed by atoms with Gasteiger partial charge in [0.05, 0.1) is 0 Å². The van der Waals surface area contributed by atoms with Crippen molar-refractivity contribution in [3.63, 3.8) is 0 Å². The maximum Gasteiger partial charge on any atom is 2.00 e. The molecule has 0 unspecified atom stereocenters. The van der Waals surface area contributed by atoms with Crippen LogP contribution in [0.3, 0.4) is 0 Å². The summed E-state index contributed by atoms with van der Waals surface area (Å²) in [5, 5.41) is 0. The molecule has 0 heterocycles. The standard InChI is InChI=1S/2C20H17.Fe/c2*1-3-9-17(10-4-1)15-16-20(19-13-7-8-14-19)18-11-5-2-6-12-18;/h2*1-16,20H;/q;;+2/b2*16-15+;/t2*20-;/m11./s1. The summed E-state index contributed by atoms with van der Waals surface area (Å²) in [6.07, 6.45) is 26.1.